The van der Waals surface area contributed by atoms with Gasteiger partial charge in [0.1, 0.15) is 37.1 Å². The Bertz CT molecular complexity index is 2080. The molecular weight excluding hydrogens is 728 g/mol. The molecule has 0 aliphatic heterocycles. The first-order valence-electron chi connectivity index (χ1n) is 17.3. The van der Waals surface area contributed by atoms with Gasteiger partial charge in [0.25, 0.3) is 5.69 Å². The fourth-order valence-electron chi connectivity index (χ4n) is 5.81. The van der Waals surface area contributed by atoms with Gasteiger partial charge in [0.2, 0.25) is 23.6 Å². The van der Waals surface area contributed by atoms with Gasteiger partial charge in [0.15, 0.2) is 0 Å². The largest absolute Gasteiger partial charge is 0.514 e. The van der Waals surface area contributed by atoms with Crippen molar-refractivity contribution in [2.24, 2.45) is 5.73 Å². The minimum absolute atomic E-state index is 0.0408. The summed E-state index contributed by atoms with van der Waals surface area (Å²) in [5.74, 6) is -3.30. The molecule has 17 heteroatoms. The van der Waals surface area contributed by atoms with Gasteiger partial charge < -0.3 is 41.2 Å². The van der Waals surface area contributed by atoms with E-state index in [1.54, 1.807) is 0 Å². The maximum Gasteiger partial charge on any atom is 0.514 e. The Labute approximate surface area is 320 Å². The maximum absolute atomic E-state index is 13.1. The number of anilines is 1. The van der Waals surface area contributed by atoms with Crippen LogP contribution < -0.4 is 31.7 Å². The van der Waals surface area contributed by atoms with Crippen LogP contribution in [0.5, 0.6) is 5.75 Å². The van der Waals surface area contributed by atoms with Crippen LogP contribution in [0, 0.1) is 10.1 Å². The van der Waals surface area contributed by atoms with Gasteiger partial charge in [0.05, 0.1) is 11.3 Å². The highest BCUT2D eigenvalue weighted by Gasteiger charge is 2.30. The third-order valence-corrected chi connectivity index (χ3v) is 8.69. The highest BCUT2D eigenvalue weighted by Crippen LogP contribution is 2.44. The highest BCUT2D eigenvalue weighted by molar-refractivity contribution is 6.00. The third-order valence-electron chi connectivity index (χ3n) is 8.69. The molecular formula is C39H38N6O11. The molecule has 5 rings (SSSR count). The van der Waals surface area contributed by atoms with Gasteiger partial charge in [-0.1, -0.05) is 60.7 Å². The molecule has 3 atom stereocenters. The van der Waals surface area contributed by atoms with Crippen LogP contribution in [0.4, 0.5) is 21.0 Å². The zero-order valence-electron chi connectivity index (χ0n) is 30.2. The van der Waals surface area contributed by atoms with Crippen molar-refractivity contribution < 1.29 is 47.9 Å². The molecule has 0 radical (unpaired) electrons. The molecule has 4 aromatic rings. The van der Waals surface area contributed by atoms with Crippen molar-refractivity contribution in [2.45, 2.75) is 50.9 Å². The molecule has 3 unspecified atom stereocenters. The number of non-ortho nitro benzene ring substituents is 1. The van der Waals surface area contributed by atoms with E-state index in [1.165, 1.54) is 62.4 Å². The predicted molar refractivity (Wildman–Crippen MR) is 200 cm³/mol. The van der Waals surface area contributed by atoms with Crippen molar-refractivity contribution in [3.8, 4) is 16.9 Å². The second kappa shape index (κ2) is 18.2. The Hall–Kier alpha value is -7.30. The van der Waals surface area contributed by atoms with E-state index >= 15 is 0 Å². The summed E-state index contributed by atoms with van der Waals surface area (Å²) in [4.78, 5) is 85.6. The number of hydrogen-bond donors (Lipinski definition) is 5. The monoisotopic (exact) mass is 766 g/mol. The molecule has 0 heterocycles. The zero-order valence-corrected chi connectivity index (χ0v) is 30.2. The number of amides is 5. The number of primary amides is 1. The van der Waals surface area contributed by atoms with Crippen molar-refractivity contribution in [3.05, 3.63) is 124 Å². The van der Waals surface area contributed by atoms with Gasteiger partial charge in [-0.05, 0) is 65.9 Å². The summed E-state index contributed by atoms with van der Waals surface area (Å²) in [5, 5.41) is 20.7. The standard InChI is InChI=1S/C39H38N6O11/c1-22(41-35(47)23(2)42-38(50)54-21-32-30-9-5-3-7-28(30)29-8-4-6-10-31(29)32)36(48)44-33(19-34(40)46)37(49)43-25-13-11-24(12-14-25)20-55-39(51)56-27-17-15-26(16-18-27)45(52)53/h3-18,22-23,32-33H,19-21H2,1-2H3,(H2,40,46)(H,41,47)(H,42,50)(H,43,49)(H,44,48). The van der Waals surface area contributed by atoms with Gasteiger partial charge >= 0.3 is 12.2 Å². The van der Waals surface area contributed by atoms with Gasteiger partial charge in [0, 0.05) is 23.7 Å². The quantitative estimate of drug-likeness (QED) is 0.0500. The maximum atomic E-state index is 13.1. The van der Waals surface area contributed by atoms with Crippen LogP contribution in [0.15, 0.2) is 97.1 Å². The number of nitro benzene ring substituents is 1. The highest BCUT2D eigenvalue weighted by atomic mass is 16.7. The number of benzene rings is 4. The summed E-state index contributed by atoms with van der Waals surface area (Å²) >= 11 is 0. The van der Waals surface area contributed by atoms with Crippen LogP contribution in [-0.4, -0.2) is 65.5 Å². The lowest BCUT2D eigenvalue weighted by molar-refractivity contribution is -0.384. The van der Waals surface area contributed by atoms with Gasteiger partial charge in [-0.2, -0.15) is 0 Å². The number of hydrogen-bond acceptors (Lipinski definition) is 11. The van der Waals surface area contributed by atoms with Crippen LogP contribution >= 0.6 is 0 Å². The van der Waals surface area contributed by atoms with Crippen LogP contribution in [0.25, 0.3) is 11.1 Å². The minimum Gasteiger partial charge on any atom is -0.449 e. The first-order valence-corrected chi connectivity index (χ1v) is 17.3. The number of fused-ring (bicyclic) bond motifs is 3. The summed E-state index contributed by atoms with van der Waals surface area (Å²) in [6, 6.07) is 22.9. The molecule has 5 amide bonds. The number of ether oxygens (including phenoxy) is 3. The Balaban J connectivity index is 1.06. The second-order valence-electron chi connectivity index (χ2n) is 12.7. The van der Waals surface area contributed by atoms with Crippen LogP contribution in [0.1, 0.15) is 42.9 Å². The lowest BCUT2D eigenvalue weighted by Gasteiger charge is -2.22. The van der Waals surface area contributed by atoms with E-state index in [0.29, 0.717) is 5.56 Å². The summed E-state index contributed by atoms with van der Waals surface area (Å²) < 4.78 is 15.5. The lowest BCUT2D eigenvalue weighted by atomic mass is 9.98. The Kier molecular flexibility index (Phi) is 12.9. The van der Waals surface area contributed by atoms with Crippen molar-refractivity contribution in [1.82, 2.24) is 16.0 Å². The number of carbonyl (C=O) groups is 6. The molecule has 0 saturated carbocycles. The van der Waals surface area contributed by atoms with E-state index in [-0.39, 0.29) is 36.3 Å². The number of nitrogens with two attached hydrogens (primary N) is 1. The summed E-state index contributed by atoms with van der Waals surface area (Å²) in [6.07, 6.45) is -2.43. The third kappa shape index (κ3) is 10.4. The zero-order chi connectivity index (χ0) is 40.4. The van der Waals surface area contributed by atoms with Crippen LogP contribution in [0.3, 0.4) is 0 Å². The molecule has 290 valence electrons. The number of nitrogens with one attached hydrogen (secondary N) is 4. The molecule has 0 fully saturated rings. The van der Waals surface area contributed by atoms with Crippen LogP contribution in [-0.2, 0) is 35.3 Å². The second-order valence-corrected chi connectivity index (χ2v) is 12.7. The number of nitrogens with zero attached hydrogens (tertiary/aromatic N) is 1. The molecule has 0 saturated heterocycles. The summed E-state index contributed by atoms with van der Waals surface area (Å²) in [6.45, 7) is 2.60. The molecule has 4 aromatic carbocycles. The molecule has 0 aromatic heterocycles. The van der Waals surface area contributed by atoms with Crippen molar-refractivity contribution in [2.75, 3.05) is 11.9 Å². The first kappa shape index (κ1) is 39.9. The van der Waals surface area contributed by atoms with Gasteiger partial charge in [-0.3, -0.25) is 29.3 Å². The van der Waals surface area contributed by atoms with Gasteiger partial charge in [-0.15, -0.1) is 0 Å². The van der Waals surface area contributed by atoms with E-state index in [0.717, 1.165) is 22.3 Å². The van der Waals surface area contributed by atoms with Crippen molar-refractivity contribution in [1.29, 1.82) is 0 Å². The molecule has 6 N–H and O–H groups in total. The van der Waals surface area contributed by atoms with E-state index in [4.69, 9.17) is 19.9 Å². The van der Waals surface area contributed by atoms with E-state index < -0.39 is 65.3 Å². The topological polar surface area (TPSA) is 247 Å². The van der Waals surface area contributed by atoms with E-state index in [9.17, 15) is 38.9 Å². The molecule has 17 nitrogen and oxygen atoms in total. The molecule has 1 aliphatic rings. The number of alkyl carbamates (subject to hydrolysis) is 1. The van der Waals surface area contributed by atoms with E-state index in [1.807, 2.05) is 48.5 Å². The van der Waals surface area contributed by atoms with E-state index in [2.05, 4.69) is 21.3 Å². The average molecular weight is 767 g/mol. The van der Waals surface area contributed by atoms with Crippen molar-refractivity contribution >= 4 is 47.3 Å². The number of carbonyl (C=O) groups excluding carboxylic acids is 6. The smallest absolute Gasteiger partial charge is 0.449 e. The summed E-state index contributed by atoms with van der Waals surface area (Å²) in [7, 11) is 0. The molecule has 0 bridgehead atoms. The fraction of sp³-hybridized carbons (Fsp3) is 0.231. The predicted octanol–water partition coefficient (Wildman–Crippen LogP) is 4.04. The van der Waals surface area contributed by atoms with Crippen molar-refractivity contribution in [3.63, 3.8) is 0 Å². The summed E-state index contributed by atoms with van der Waals surface area (Å²) in [5.41, 5.74) is 10.1. The minimum atomic E-state index is -1.41. The first-order chi connectivity index (χ1) is 26.8. The normalized spacial score (nSPS) is 13.0. The lowest BCUT2D eigenvalue weighted by Crippen LogP contribution is -2.55. The Morgan fingerprint density at radius 1 is 0.732 bits per heavy atom. The average Bonchev–Trinajstić information content (AvgIpc) is 3.49. The SMILES string of the molecule is CC(NC(=O)OCC1c2ccccc2-c2ccccc21)C(=O)NC(C)C(=O)NC(CC(N)=O)C(=O)Nc1ccc(COC(=O)Oc2ccc([N+](=O)[O-])cc2)cc1. The fourth-order valence-corrected chi connectivity index (χ4v) is 5.81. The Morgan fingerprint density at radius 2 is 1.30 bits per heavy atom. The number of nitro groups is 1. The molecule has 0 spiro atoms. The Morgan fingerprint density at radius 3 is 1.89 bits per heavy atom. The van der Waals surface area contributed by atoms with Gasteiger partial charge in [-0.25, -0.2) is 9.59 Å². The number of rotatable bonds is 15. The van der Waals surface area contributed by atoms with Crippen LogP contribution in [0.2, 0.25) is 0 Å². The molecule has 1 aliphatic carbocycles. The molecule has 56 heavy (non-hydrogen) atoms.